The average molecular weight is 267 g/mol. The summed E-state index contributed by atoms with van der Waals surface area (Å²) in [5.41, 5.74) is 0. The number of amides is 2. The number of carbonyl (C=O) groups is 2. The van der Waals surface area contributed by atoms with Crippen LogP contribution in [0.25, 0.3) is 0 Å². The van der Waals surface area contributed by atoms with E-state index in [4.69, 9.17) is 0 Å². The van der Waals surface area contributed by atoms with Crippen LogP contribution in [0.2, 0.25) is 0 Å². The molecule has 1 saturated carbocycles. The Kier molecular flexibility index (Phi) is 4.45. The van der Waals surface area contributed by atoms with Crippen molar-refractivity contribution in [3.05, 3.63) is 0 Å². The van der Waals surface area contributed by atoms with Gasteiger partial charge in [-0.2, -0.15) is 0 Å². The van der Waals surface area contributed by atoms with Crippen LogP contribution < -0.4 is 16.0 Å². The van der Waals surface area contributed by atoms with Gasteiger partial charge in [-0.15, -0.1) is 0 Å². The number of carbonyl (C=O) groups excluding carboxylic acids is 2. The molecular formula is C14H25N3O2. The Bertz CT molecular complexity index is 357. The maximum atomic E-state index is 12.2. The molecule has 2 amide bonds. The zero-order chi connectivity index (χ0) is 14.0. The summed E-state index contributed by atoms with van der Waals surface area (Å²) in [5, 5.41) is 8.94. The Hall–Kier alpha value is -1.10. The van der Waals surface area contributed by atoms with Crippen LogP contribution in [-0.4, -0.2) is 36.5 Å². The standard InChI is InChI=1S/C14H25N3O2/c1-8(2)16-13(18)9(3)17-14(19)12-11-6-4-5-10(11)7-15-12/h8-12,15H,4-7H2,1-3H3,(H,16,18)(H,17,19). The predicted molar refractivity (Wildman–Crippen MR) is 73.5 cm³/mol. The van der Waals surface area contributed by atoms with Crippen LogP contribution in [0.5, 0.6) is 0 Å². The molecule has 5 heteroatoms. The number of hydrogen-bond acceptors (Lipinski definition) is 3. The van der Waals surface area contributed by atoms with E-state index >= 15 is 0 Å². The SMILES string of the molecule is CC(C)NC(=O)C(C)NC(=O)C1NCC2CCCC21. The van der Waals surface area contributed by atoms with Gasteiger partial charge in [0.05, 0.1) is 6.04 Å². The van der Waals surface area contributed by atoms with Crippen molar-refractivity contribution in [3.63, 3.8) is 0 Å². The molecule has 1 saturated heterocycles. The quantitative estimate of drug-likeness (QED) is 0.691. The first kappa shape index (κ1) is 14.3. The van der Waals surface area contributed by atoms with Crippen LogP contribution in [0.1, 0.15) is 40.0 Å². The summed E-state index contributed by atoms with van der Waals surface area (Å²) in [6, 6.07) is -0.491. The van der Waals surface area contributed by atoms with Crippen molar-refractivity contribution in [3.8, 4) is 0 Å². The summed E-state index contributed by atoms with van der Waals surface area (Å²) in [6.45, 7) is 6.49. The highest BCUT2D eigenvalue weighted by molar-refractivity contribution is 5.89. The van der Waals surface area contributed by atoms with E-state index < -0.39 is 6.04 Å². The monoisotopic (exact) mass is 267 g/mol. The molecule has 0 aromatic heterocycles. The molecule has 0 aromatic carbocycles. The summed E-state index contributed by atoms with van der Waals surface area (Å²) in [6.07, 6.45) is 3.58. The third-order valence-corrected chi connectivity index (χ3v) is 4.21. The first-order chi connectivity index (χ1) is 8.99. The fraction of sp³-hybridized carbons (Fsp3) is 0.857. The van der Waals surface area contributed by atoms with Gasteiger partial charge in [0, 0.05) is 6.04 Å². The molecule has 4 unspecified atom stereocenters. The van der Waals surface area contributed by atoms with Crippen molar-refractivity contribution < 1.29 is 9.59 Å². The van der Waals surface area contributed by atoms with E-state index in [0.717, 1.165) is 13.0 Å². The van der Waals surface area contributed by atoms with Crippen molar-refractivity contribution >= 4 is 11.8 Å². The largest absolute Gasteiger partial charge is 0.352 e. The molecule has 2 fully saturated rings. The van der Waals surface area contributed by atoms with Crippen LogP contribution in [-0.2, 0) is 9.59 Å². The van der Waals surface area contributed by atoms with Crippen molar-refractivity contribution in [1.82, 2.24) is 16.0 Å². The highest BCUT2D eigenvalue weighted by Crippen LogP contribution is 2.37. The molecule has 2 aliphatic rings. The van der Waals surface area contributed by atoms with Gasteiger partial charge in [0.25, 0.3) is 0 Å². The van der Waals surface area contributed by atoms with Crippen LogP contribution in [0.4, 0.5) is 0 Å². The van der Waals surface area contributed by atoms with Gasteiger partial charge in [-0.1, -0.05) is 6.42 Å². The van der Waals surface area contributed by atoms with E-state index in [1.165, 1.54) is 12.8 Å². The molecule has 5 nitrogen and oxygen atoms in total. The minimum Gasteiger partial charge on any atom is -0.352 e. The minimum atomic E-state index is -0.475. The van der Waals surface area contributed by atoms with Gasteiger partial charge < -0.3 is 16.0 Å². The van der Waals surface area contributed by atoms with E-state index in [2.05, 4.69) is 16.0 Å². The van der Waals surface area contributed by atoms with Gasteiger partial charge in [-0.05, 0) is 52.0 Å². The lowest BCUT2D eigenvalue weighted by Crippen LogP contribution is -2.52. The molecule has 0 radical (unpaired) electrons. The molecule has 108 valence electrons. The van der Waals surface area contributed by atoms with E-state index in [0.29, 0.717) is 11.8 Å². The summed E-state index contributed by atoms with van der Waals surface area (Å²) < 4.78 is 0. The van der Waals surface area contributed by atoms with Gasteiger partial charge in [0.2, 0.25) is 11.8 Å². The molecule has 0 aromatic rings. The number of rotatable bonds is 4. The molecule has 0 spiro atoms. The number of fused-ring (bicyclic) bond motifs is 1. The van der Waals surface area contributed by atoms with Gasteiger partial charge >= 0.3 is 0 Å². The first-order valence-corrected chi connectivity index (χ1v) is 7.33. The first-order valence-electron chi connectivity index (χ1n) is 7.33. The van der Waals surface area contributed by atoms with E-state index in [1.807, 2.05) is 13.8 Å². The van der Waals surface area contributed by atoms with Crippen LogP contribution in [0.15, 0.2) is 0 Å². The highest BCUT2D eigenvalue weighted by atomic mass is 16.2. The Morgan fingerprint density at radius 2 is 1.89 bits per heavy atom. The number of nitrogens with one attached hydrogen (secondary N) is 3. The third-order valence-electron chi connectivity index (χ3n) is 4.21. The molecule has 4 atom stereocenters. The van der Waals surface area contributed by atoms with Crippen LogP contribution >= 0.6 is 0 Å². The second kappa shape index (κ2) is 5.90. The fourth-order valence-electron chi connectivity index (χ4n) is 3.25. The molecule has 3 N–H and O–H groups in total. The lowest BCUT2D eigenvalue weighted by Gasteiger charge is -2.21. The molecule has 2 rings (SSSR count). The second-order valence-electron chi connectivity index (χ2n) is 6.13. The Balaban J connectivity index is 1.85. The van der Waals surface area contributed by atoms with E-state index in [-0.39, 0.29) is 23.9 Å². The van der Waals surface area contributed by atoms with Crippen molar-refractivity contribution in [1.29, 1.82) is 0 Å². The van der Waals surface area contributed by atoms with Gasteiger partial charge in [0.1, 0.15) is 6.04 Å². The smallest absolute Gasteiger partial charge is 0.242 e. The van der Waals surface area contributed by atoms with Gasteiger partial charge in [-0.25, -0.2) is 0 Å². The maximum absolute atomic E-state index is 12.2. The summed E-state index contributed by atoms with van der Waals surface area (Å²) >= 11 is 0. The fourth-order valence-corrected chi connectivity index (χ4v) is 3.25. The van der Waals surface area contributed by atoms with Gasteiger partial charge in [-0.3, -0.25) is 9.59 Å². The normalized spacial score (nSPS) is 31.1. The Labute approximate surface area is 114 Å². The van der Waals surface area contributed by atoms with Gasteiger partial charge in [0.15, 0.2) is 0 Å². The number of hydrogen-bond donors (Lipinski definition) is 3. The predicted octanol–water partition coefficient (Wildman–Crippen LogP) is 0.404. The zero-order valence-electron chi connectivity index (χ0n) is 12.0. The molecule has 0 bridgehead atoms. The Morgan fingerprint density at radius 3 is 2.58 bits per heavy atom. The molecule has 1 aliphatic heterocycles. The summed E-state index contributed by atoms with van der Waals surface area (Å²) in [7, 11) is 0. The minimum absolute atomic E-state index is 0.0270. The second-order valence-corrected chi connectivity index (χ2v) is 6.13. The lowest BCUT2D eigenvalue weighted by molar-refractivity contribution is -0.130. The molecule has 1 aliphatic carbocycles. The maximum Gasteiger partial charge on any atom is 0.242 e. The topological polar surface area (TPSA) is 70.2 Å². The van der Waals surface area contributed by atoms with Crippen molar-refractivity contribution in [2.75, 3.05) is 6.54 Å². The van der Waals surface area contributed by atoms with E-state index in [1.54, 1.807) is 6.92 Å². The summed E-state index contributed by atoms with van der Waals surface area (Å²) in [4.78, 5) is 24.0. The molecule has 19 heavy (non-hydrogen) atoms. The average Bonchev–Trinajstić information content (AvgIpc) is 2.88. The lowest BCUT2D eigenvalue weighted by atomic mass is 9.93. The highest BCUT2D eigenvalue weighted by Gasteiger charge is 2.42. The summed E-state index contributed by atoms with van der Waals surface area (Å²) in [5.74, 6) is 0.959. The Morgan fingerprint density at radius 1 is 1.16 bits per heavy atom. The van der Waals surface area contributed by atoms with E-state index in [9.17, 15) is 9.59 Å². The van der Waals surface area contributed by atoms with Crippen molar-refractivity contribution in [2.24, 2.45) is 11.8 Å². The molecular weight excluding hydrogens is 242 g/mol. The van der Waals surface area contributed by atoms with Crippen LogP contribution in [0.3, 0.4) is 0 Å². The molecule has 1 heterocycles. The zero-order valence-corrected chi connectivity index (χ0v) is 12.0. The van der Waals surface area contributed by atoms with Crippen LogP contribution in [0, 0.1) is 11.8 Å². The van der Waals surface area contributed by atoms with Crippen molar-refractivity contribution in [2.45, 2.75) is 58.2 Å². The third kappa shape index (κ3) is 3.26.